The third-order valence-corrected chi connectivity index (χ3v) is 3.29. The van der Waals surface area contributed by atoms with Crippen molar-refractivity contribution in [3.05, 3.63) is 57.5 Å². The molecule has 0 unspecified atom stereocenters. The molecule has 0 bridgehead atoms. The summed E-state index contributed by atoms with van der Waals surface area (Å²) in [5.41, 5.74) is 2.15. The molecule has 0 radical (unpaired) electrons. The van der Waals surface area contributed by atoms with Crippen LogP contribution in [0.4, 0.5) is 5.69 Å². The topological polar surface area (TPSA) is 71.3 Å². The lowest BCUT2D eigenvalue weighted by Crippen LogP contribution is -2.18. The molecule has 2 aromatic rings. The number of benzene rings is 1. The number of amides is 1. The summed E-state index contributed by atoms with van der Waals surface area (Å²) < 4.78 is 1.37. The third kappa shape index (κ3) is 2.56. The number of aromatic nitrogens is 1. The molecule has 5 nitrogen and oxygen atoms in total. The van der Waals surface area contributed by atoms with E-state index in [-0.39, 0.29) is 16.9 Å². The number of carbonyl (C=O) groups is 1. The quantitative estimate of drug-likeness (QED) is 0.878. The van der Waals surface area contributed by atoms with Gasteiger partial charge < -0.3 is 15.0 Å². The molecular weight excluding hydrogens is 256 g/mol. The third-order valence-electron chi connectivity index (χ3n) is 3.29. The van der Waals surface area contributed by atoms with Gasteiger partial charge in [0.2, 0.25) is 5.56 Å². The van der Waals surface area contributed by atoms with Gasteiger partial charge in [-0.3, -0.25) is 9.59 Å². The minimum Gasteiger partial charge on any atom is -0.507 e. The number of nitrogens with one attached hydrogen (secondary N) is 1. The second kappa shape index (κ2) is 5.21. The summed E-state index contributed by atoms with van der Waals surface area (Å²) in [4.78, 5) is 23.4. The number of hydrogen-bond donors (Lipinski definition) is 2. The Balaban J connectivity index is 2.31. The molecule has 1 amide bonds. The van der Waals surface area contributed by atoms with Crippen molar-refractivity contribution in [2.45, 2.75) is 13.8 Å². The van der Waals surface area contributed by atoms with Crippen LogP contribution in [0.1, 0.15) is 21.5 Å². The van der Waals surface area contributed by atoms with Gasteiger partial charge in [-0.05, 0) is 37.1 Å². The number of pyridine rings is 1. The standard InChI is InChI=1S/C15H16N2O3/c1-9-4-6-12(14(19)10(9)2)15(20)16-11-5-7-13(18)17(3)8-11/h4-8,19H,1-3H3,(H,16,20). The zero-order valence-corrected chi connectivity index (χ0v) is 11.6. The zero-order chi connectivity index (χ0) is 14.9. The highest BCUT2D eigenvalue weighted by molar-refractivity contribution is 6.06. The molecule has 20 heavy (non-hydrogen) atoms. The van der Waals surface area contributed by atoms with Gasteiger partial charge in [-0.2, -0.15) is 0 Å². The number of aromatic hydroxyl groups is 1. The molecule has 104 valence electrons. The maximum absolute atomic E-state index is 12.1. The van der Waals surface area contributed by atoms with E-state index in [9.17, 15) is 14.7 Å². The molecule has 1 aromatic carbocycles. The van der Waals surface area contributed by atoms with Gasteiger partial charge in [0.15, 0.2) is 0 Å². The first-order chi connectivity index (χ1) is 9.40. The Labute approximate surface area is 116 Å². The lowest BCUT2D eigenvalue weighted by atomic mass is 10.0. The lowest BCUT2D eigenvalue weighted by molar-refractivity contribution is 0.102. The zero-order valence-electron chi connectivity index (χ0n) is 11.6. The van der Waals surface area contributed by atoms with Gasteiger partial charge in [0.1, 0.15) is 5.75 Å². The van der Waals surface area contributed by atoms with Crippen LogP contribution in [-0.4, -0.2) is 15.6 Å². The van der Waals surface area contributed by atoms with Crippen molar-refractivity contribution in [1.29, 1.82) is 0 Å². The van der Waals surface area contributed by atoms with Gasteiger partial charge in [-0.1, -0.05) is 6.07 Å². The van der Waals surface area contributed by atoms with Gasteiger partial charge in [-0.25, -0.2) is 0 Å². The highest BCUT2D eigenvalue weighted by atomic mass is 16.3. The molecular formula is C15H16N2O3. The van der Waals surface area contributed by atoms with Crippen LogP contribution in [0.15, 0.2) is 35.3 Å². The molecule has 1 aromatic heterocycles. The molecule has 0 saturated carbocycles. The predicted octanol–water partition coefficient (Wildman–Crippen LogP) is 1.96. The Kier molecular flexibility index (Phi) is 3.61. The summed E-state index contributed by atoms with van der Waals surface area (Å²) in [5, 5.41) is 12.7. The molecule has 0 aliphatic carbocycles. The largest absolute Gasteiger partial charge is 0.507 e. The van der Waals surface area contributed by atoms with Crippen LogP contribution in [0.5, 0.6) is 5.75 Å². The van der Waals surface area contributed by atoms with E-state index in [1.807, 2.05) is 6.92 Å². The van der Waals surface area contributed by atoms with E-state index in [1.165, 1.54) is 22.9 Å². The number of carbonyl (C=O) groups excluding carboxylic acids is 1. The first-order valence-electron chi connectivity index (χ1n) is 6.17. The molecule has 2 N–H and O–H groups in total. The summed E-state index contributed by atoms with van der Waals surface area (Å²) >= 11 is 0. The van der Waals surface area contributed by atoms with E-state index in [2.05, 4.69) is 5.32 Å². The van der Waals surface area contributed by atoms with E-state index in [0.717, 1.165) is 5.56 Å². The molecule has 2 rings (SSSR count). The van der Waals surface area contributed by atoms with Gasteiger partial charge in [0, 0.05) is 19.3 Å². The van der Waals surface area contributed by atoms with E-state index >= 15 is 0 Å². The molecule has 0 spiro atoms. The molecule has 0 fully saturated rings. The van der Waals surface area contributed by atoms with Crippen LogP contribution in [0.2, 0.25) is 0 Å². The lowest BCUT2D eigenvalue weighted by Gasteiger charge is -2.10. The molecule has 5 heteroatoms. The fourth-order valence-corrected chi connectivity index (χ4v) is 1.85. The smallest absolute Gasteiger partial charge is 0.259 e. The summed E-state index contributed by atoms with van der Waals surface area (Å²) in [6, 6.07) is 6.26. The number of aryl methyl sites for hydroxylation is 2. The predicted molar refractivity (Wildman–Crippen MR) is 77.2 cm³/mol. The first-order valence-corrected chi connectivity index (χ1v) is 6.17. The van der Waals surface area contributed by atoms with Crippen molar-refractivity contribution < 1.29 is 9.90 Å². The minimum absolute atomic E-state index is 0.0210. The van der Waals surface area contributed by atoms with E-state index < -0.39 is 5.91 Å². The molecule has 0 saturated heterocycles. The molecule has 0 atom stereocenters. The number of phenols is 1. The highest BCUT2D eigenvalue weighted by Gasteiger charge is 2.14. The maximum atomic E-state index is 12.1. The van der Waals surface area contributed by atoms with E-state index in [4.69, 9.17) is 0 Å². The fourth-order valence-electron chi connectivity index (χ4n) is 1.85. The first kappa shape index (κ1) is 13.9. The Morgan fingerprint density at radius 2 is 1.90 bits per heavy atom. The van der Waals surface area contributed by atoms with Crippen molar-refractivity contribution in [2.75, 3.05) is 5.32 Å². The fraction of sp³-hybridized carbons (Fsp3) is 0.200. The number of hydrogen-bond acceptors (Lipinski definition) is 3. The monoisotopic (exact) mass is 272 g/mol. The molecule has 1 heterocycles. The summed E-state index contributed by atoms with van der Waals surface area (Å²) in [7, 11) is 1.60. The number of anilines is 1. The highest BCUT2D eigenvalue weighted by Crippen LogP contribution is 2.25. The average Bonchev–Trinajstić information content (AvgIpc) is 2.40. The number of nitrogens with zero attached hydrogens (tertiary/aromatic N) is 1. The van der Waals surface area contributed by atoms with Gasteiger partial charge in [0.05, 0.1) is 11.3 Å². The van der Waals surface area contributed by atoms with Gasteiger partial charge in [0.25, 0.3) is 5.91 Å². The minimum atomic E-state index is -0.413. The molecule has 0 aliphatic rings. The normalized spacial score (nSPS) is 10.3. The van der Waals surface area contributed by atoms with Gasteiger partial charge in [-0.15, -0.1) is 0 Å². The van der Waals surface area contributed by atoms with Crippen LogP contribution in [0.3, 0.4) is 0 Å². The van der Waals surface area contributed by atoms with E-state index in [1.54, 1.807) is 26.1 Å². The summed E-state index contributed by atoms with van der Waals surface area (Å²) in [6.07, 6.45) is 1.53. The Morgan fingerprint density at radius 3 is 2.55 bits per heavy atom. The van der Waals surface area contributed by atoms with E-state index in [0.29, 0.717) is 11.3 Å². The Morgan fingerprint density at radius 1 is 1.20 bits per heavy atom. The van der Waals surface area contributed by atoms with Gasteiger partial charge >= 0.3 is 0 Å². The van der Waals surface area contributed by atoms with Crippen LogP contribution >= 0.6 is 0 Å². The second-order valence-corrected chi connectivity index (χ2v) is 4.72. The summed E-state index contributed by atoms with van der Waals surface area (Å²) in [6.45, 7) is 3.62. The SMILES string of the molecule is Cc1ccc(C(=O)Nc2ccc(=O)n(C)c2)c(O)c1C. The maximum Gasteiger partial charge on any atom is 0.259 e. The van der Waals surface area contributed by atoms with Crippen LogP contribution in [0.25, 0.3) is 0 Å². The van der Waals surface area contributed by atoms with Crippen molar-refractivity contribution in [2.24, 2.45) is 7.05 Å². The summed E-state index contributed by atoms with van der Waals surface area (Å²) in [5.74, 6) is -0.434. The van der Waals surface area contributed by atoms with Crippen LogP contribution < -0.4 is 10.9 Å². The second-order valence-electron chi connectivity index (χ2n) is 4.72. The Bertz CT molecular complexity index is 732. The van der Waals surface area contributed by atoms with Crippen molar-refractivity contribution in [1.82, 2.24) is 4.57 Å². The number of phenolic OH excluding ortho intramolecular Hbond substituents is 1. The Hall–Kier alpha value is -2.56. The number of rotatable bonds is 2. The van der Waals surface area contributed by atoms with Crippen molar-refractivity contribution in [3.63, 3.8) is 0 Å². The average molecular weight is 272 g/mol. The van der Waals surface area contributed by atoms with Crippen LogP contribution in [0, 0.1) is 13.8 Å². The van der Waals surface area contributed by atoms with Crippen molar-refractivity contribution in [3.8, 4) is 5.75 Å². The molecule has 0 aliphatic heterocycles. The van der Waals surface area contributed by atoms with Crippen LogP contribution in [-0.2, 0) is 7.05 Å². The van der Waals surface area contributed by atoms with Crippen molar-refractivity contribution >= 4 is 11.6 Å².